The van der Waals surface area contributed by atoms with Crippen molar-refractivity contribution in [1.82, 2.24) is 4.98 Å². The summed E-state index contributed by atoms with van der Waals surface area (Å²) in [6, 6.07) is 16.3. The van der Waals surface area contributed by atoms with Gasteiger partial charge in [-0.25, -0.2) is 9.78 Å². The van der Waals surface area contributed by atoms with Crippen LogP contribution in [0.2, 0.25) is 5.02 Å². The highest BCUT2D eigenvalue weighted by atomic mass is 35.5. The first kappa shape index (κ1) is 19.1. The van der Waals surface area contributed by atoms with Crippen molar-refractivity contribution in [2.24, 2.45) is 0 Å². The van der Waals surface area contributed by atoms with Crippen LogP contribution in [-0.4, -0.2) is 23.0 Å². The molecule has 1 atom stereocenters. The minimum absolute atomic E-state index is 0.389. The number of carbonyl (C=O) groups excluding carboxylic acids is 2. The van der Waals surface area contributed by atoms with Gasteiger partial charge in [0.05, 0.1) is 5.69 Å². The second-order valence-corrected chi connectivity index (χ2v) is 7.28. The number of ether oxygens (including phenoxy) is 1. The highest BCUT2D eigenvalue weighted by Gasteiger charge is 2.23. The first-order valence-electron chi connectivity index (χ1n) is 8.24. The fraction of sp³-hybridized carbons (Fsp3) is 0.150. The van der Waals surface area contributed by atoms with E-state index < -0.39 is 18.0 Å². The van der Waals surface area contributed by atoms with E-state index in [1.807, 2.05) is 30.3 Å². The second-order valence-electron chi connectivity index (χ2n) is 5.84. The summed E-state index contributed by atoms with van der Waals surface area (Å²) in [5.41, 5.74) is 2.08. The predicted octanol–water partition coefficient (Wildman–Crippen LogP) is 4.96. The Kier molecular flexibility index (Phi) is 5.88. The molecule has 0 spiro atoms. The van der Waals surface area contributed by atoms with E-state index in [-0.39, 0.29) is 0 Å². The van der Waals surface area contributed by atoms with Gasteiger partial charge in [0.2, 0.25) is 0 Å². The minimum atomic E-state index is -0.949. The van der Waals surface area contributed by atoms with Crippen LogP contribution in [0.1, 0.15) is 22.3 Å². The number of rotatable bonds is 5. The van der Waals surface area contributed by atoms with Gasteiger partial charge in [-0.2, -0.15) is 0 Å². The lowest BCUT2D eigenvalue weighted by atomic mass is 10.2. The lowest BCUT2D eigenvalue weighted by Crippen LogP contribution is -2.29. The highest BCUT2D eigenvalue weighted by Crippen LogP contribution is 2.28. The van der Waals surface area contributed by atoms with Crippen LogP contribution >= 0.6 is 22.9 Å². The molecule has 138 valence electrons. The summed E-state index contributed by atoms with van der Waals surface area (Å²) >= 11 is 7.07. The van der Waals surface area contributed by atoms with E-state index in [1.54, 1.807) is 31.2 Å². The van der Waals surface area contributed by atoms with Gasteiger partial charge in [-0.3, -0.25) is 4.79 Å². The first-order chi connectivity index (χ1) is 12.9. The van der Waals surface area contributed by atoms with Crippen molar-refractivity contribution in [2.45, 2.75) is 20.0 Å². The Morgan fingerprint density at radius 2 is 1.78 bits per heavy atom. The van der Waals surface area contributed by atoms with Gasteiger partial charge >= 0.3 is 5.97 Å². The normalized spacial score (nSPS) is 11.7. The topological polar surface area (TPSA) is 68.3 Å². The van der Waals surface area contributed by atoms with E-state index in [1.165, 1.54) is 18.3 Å². The van der Waals surface area contributed by atoms with E-state index in [4.69, 9.17) is 16.3 Å². The number of aryl methyl sites for hydroxylation is 1. The maximum absolute atomic E-state index is 12.5. The van der Waals surface area contributed by atoms with E-state index in [9.17, 15) is 9.59 Å². The molecule has 0 fully saturated rings. The average Bonchev–Trinajstić information content (AvgIpc) is 3.06. The molecule has 0 saturated carbocycles. The molecule has 0 bridgehead atoms. The Bertz CT molecular complexity index is 955. The van der Waals surface area contributed by atoms with Crippen LogP contribution in [0.5, 0.6) is 0 Å². The minimum Gasteiger partial charge on any atom is -0.448 e. The van der Waals surface area contributed by atoms with Gasteiger partial charge in [-0.1, -0.05) is 41.9 Å². The molecule has 3 aromatic rings. The van der Waals surface area contributed by atoms with Crippen molar-refractivity contribution in [2.75, 3.05) is 5.32 Å². The number of nitrogens with one attached hydrogen (secondary N) is 1. The van der Waals surface area contributed by atoms with E-state index in [0.29, 0.717) is 21.3 Å². The Morgan fingerprint density at radius 1 is 1.11 bits per heavy atom. The quantitative estimate of drug-likeness (QED) is 0.615. The average molecular weight is 401 g/mol. The van der Waals surface area contributed by atoms with Crippen molar-refractivity contribution < 1.29 is 14.3 Å². The fourth-order valence-corrected chi connectivity index (χ4v) is 3.42. The molecule has 0 aliphatic heterocycles. The monoisotopic (exact) mass is 400 g/mol. The van der Waals surface area contributed by atoms with Gasteiger partial charge < -0.3 is 10.1 Å². The largest absolute Gasteiger partial charge is 0.448 e. The smallest absolute Gasteiger partial charge is 0.351 e. The molecule has 7 heteroatoms. The number of hydrogen-bond donors (Lipinski definition) is 1. The van der Waals surface area contributed by atoms with E-state index in [0.717, 1.165) is 10.6 Å². The maximum atomic E-state index is 12.5. The number of esters is 1. The number of nitrogens with zero attached hydrogens (tertiary/aromatic N) is 1. The number of thiazole rings is 1. The third kappa shape index (κ3) is 4.72. The van der Waals surface area contributed by atoms with Gasteiger partial charge in [0, 0.05) is 16.3 Å². The van der Waals surface area contributed by atoms with Crippen molar-refractivity contribution in [1.29, 1.82) is 0 Å². The summed E-state index contributed by atoms with van der Waals surface area (Å²) in [6.07, 6.45) is -0.949. The Morgan fingerprint density at radius 3 is 2.44 bits per heavy atom. The van der Waals surface area contributed by atoms with Crippen LogP contribution in [-0.2, 0) is 9.53 Å². The number of hydrogen-bond acceptors (Lipinski definition) is 5. The fourth-order valence-electron chi connectivity index (χ4n) is 2.33. The zero-order valence-electron chi connectivity index (χ0n) is 14.7. The predicted molar refractivity (Wildman–Crippen MR) is 107 cm³/mol. The van der Waals surface area contributed by atoms with Crippen LogP contribution in [0.25, 0.3) is 10.6 Å². The second kappa shape index (κ2) is 8.33. The lowest BCUT2D eigenvalue weighted by Gasteiger charge is -2.13. The van der Waals surface area contributed by atoms with Gasteiger partial charge in [-0.15, -0.1) is 11.3 Å². The number of halogens is 1. The van der Waals surface area contributed by atoms with E-state index >= 15 is 0 Å². The number of carbonyl (C=O) groups is 2. The van der Waals surface area contributed by atoms with Crippen molar-refractivity contribution in [3.05, 3.63) is 70.2 Å². The molecule has 1 heterocycles. The molecule has 0 radical (unpaired) electrons. The number of aromatic nitrogens is 1. The molecule has 1 amide bonds. The van der Waals surface area contributed by atoms with Crippen molar-refractivity contribution in [3.63, 3.8) is 0 Å². The molecule has 0 aliphatic rings. The van der Waals surface area contributed by atoms with Gasteiger partial charge in [0.1, 0.15) is 9.88 Å². The molecule has 0 unspecified atom stereocenters. The molecular formula is C20H17ClN2O3S. The summed E-state index contributed by atoms with van der Waals surface area (Å²) < 4.78 is 5.32. The van der Waals surface area contributed by atoms with Crippen LogP contribution < -0.4 is 5.32 Å². The molecule has 0 saturated heterocycles. The number of benzene rings is 2. The molecule has 5 nitrogen and oxygen atoms in total. The highest BCUT2D eigenvalue weighted by molar-refractivity contribution is 7.17. The summed E-state index contributed by atoms with van der Waals surface area (Å²) in [7, 11) is 0. The van der Waals surface area contributed by atoms with Crippen LogP contribution in [0.4, 0.5) is 5.69 Å². The van der Waals surface area contributed by atoms with Crippen LogP contribution in [0.15, 0.2) is 54.6 Å². The standard InChI is InChI=1S/C20H17ClN2O3S/c1-12-17(27-19(22-12)14-6-4-3-5-7-14)20(25)26-13(2)18(24)23-16-10-8-15(21)9-11-16/h3-11,13H,1-2H3,(H,23,24)/t13-/m1/s1. The van der Waals surface area contributed by atoms with Crippen molar-refractivity contribution in [3.8, 4) is 10.6 Å². The van der Waals surface area contributed by atoms with Crippen molar-refractivity contribution >= 4 is 40.5 Å². The van der Waals surface area contributed by atoms with Gasteiger partial charge in [0.25, 0.3) is 5.91 Å². The molecule has 1 aromatic heterocycles. The summed E-state index contributed by atoms with van der Waals surface area (Å²) in [6.45, 7) is 3.27. The molecule has 1 N–H and O–H groups in total. The molecule has 0 aliphatic carbocycles. The lowest BCUT2D eigenvalue weighted by molar-refractivity contribution is -0.123. The summed E-state index contributed by atoms with van der Waals surface area (Å²) in [4.78, 5) is 29.5. The number of anilines is 1. The van der Waals surface area contributed by atoms with E-state index in [2.05, 4.69) is 10.3 Å². The summed E-state index contributed by atoms with van der Waals surface area (Å²) in [5.74, 6) is -0.984. The van der Waals surface area contributed by atoms with Gasteiger partial charge in [0.15, 0.2) is 6.10 Å². The van der Waals surface area contributed by atoms with Crippen LogP contribution in [0.3, 0.4) is 0 Å². The molecule has 3 rings (SSSR count). The zero-order valence-corrected chi connectivity index (χ0v) is 16.3. The van der Waals surface area contributed by atoms with Crippen LogP contribution in [0, 0.1) is 6.92 Å². The SMILES string of the molecule is Cc1nc(-c2ccccc2)sc1C(=O)O[C@H](C)C(=O)Nc1ccc(Cl)cc1. The van der Waals surface area contributed by atoms with Gasteiger partial charge in [-0.05, 0) is 38.1 Å². The Labute approximate surface area is 166 Å². The summed E-state index contributed by atoms with van der Waals surface area (Å²) in [5, 5.41) is 3.99. The molecule has 27 heavy (non-hydrogen) atoms. The zero-order chi connectivity index (χ0) is 19.4. The maximum Gasteiger partial charge on any atom is 0.351 e. The molecular weight excluding hydrogens is 384 g/mol. The Hall–Kier alpha value is -2.70. The third-order valence-corrected chi connectivity index (χ3v) is 5.21. The number of amides is 1. The third-order valence-electron chi connectivity index (χ3n) is 3.77. The first-order valence-corrected chi connectivity index (χ1v) is 9.44. The molecule has 2 aromatic carbocycles. The Balaban J connectivity index is 1.67.